The fourth-order valence-electron chi connectivity index (χ4n) is 1.02. The Bertz CT molecular complexity index is 69.5. The van der Waals surface area contributed by atoms with E-state index >= 15 is 0 Å². The van der Waals surface area contributed by atoms with Crippen molar-refractivity contribution in [2.45, 2.75) is 25.8 Å². The van der Waals surface area contributed by atoms with Gasteiger partial charge in [0.2, 0.25) is 0 Å². The lowest BCUT2D eigenvalue weighted by Gasteiger charge is -2.21. The molecule has 11 heavy (non-hydrogen) atoms. The molecule has 0 fully saturated rings. The molecule has 0 bridgehead atoms. The van der Waals surface area contributed by atoms with Crippen molar-refractivity contribution in [3.8, 4) is 0 Å². The summed E-state index contributed by atoms with van der Waals surface area (Å²) in [5.74, 6) is 0. The van der Waals surface area contributed by atoms with Gasteiger partial charge in [0.1, 0.15) is 0 Å². The largest absolute Gasteiger partial charge is 0.330 e. The molecule has 2 N–H and O–H groups in total. The van der Waals surface area contributed by atoms with E-state index in [9.17, 15) is 0 Å². The average Bonchev–Trinajstić information content (AvgIpc) is 1.82. The highest BCUT2D eigenvalue weighted by atomic mass is 35.5. The summed E-state index contributed by atoms with van der Waals surface area (Å²) in [6.45, 7) is 3.00. The molecule has 0 aliphatic heterocycles. The van der Waals surface area contributed by atoms with Gasteiger partial charge in [-0.05, 0) is 33.5 Å². The van der Waals surface area contributed by atoms with E-state index in [2.05, 4.69) is 25.9 Å². The van der Waals surface area contributed by atoms with Crippen molar-refractivity contribution < 1.29 is 0 Å². The van der Waals surface area contributed by atoms with Crippen molar-refractivity contribution in [1.29, 1.82) is 0 Å². The van der Waals surface area contributed by atoms with Crippen LogP contribution in [0.3, 0.4) is 0 Å². The molecular formula is C7H20Cl2N2. The van der Waals surface area contributed by atoms with Gasteiger partial charge in [-0.1, -0.05) is 6.92 Å². The minimum Gasteiger partial charge on any atom is -0.330 e. The number of hydrogen-bond donors (Lipinski definition) is 1. The highest BCUT2D eigenvalue weighted by molar-refractivity contribution is 5.85. The highest BCUT2D eigenvalue weighted by Crippen LogP contribution is 2.01. The van der Waals surface area contributed by atoms with E-state index in [1.165, 1.54) is 6.42 Å². The number of nitrogens with zero attached hydrogens (tertiary/aromatic N) is 1. The standard InChI is InChI=1S/C7H18N2.2ClH/c1-4-7(5-6-8)9(2)3;;/h7H,4-6,8H2,1-3H3;2*1H. The molecule has 0 aromatic heterocycles. The summed E-state index contributed by atoms with van der Waals surface area (Å²) in [6.07, 6.45) is 2.31. The molecule has 0 radical (unpaired) electrons. The van der Waals surface area contributed by atoms with Crippen LogP contribution >= 0.6 is 24.8 Å². The second-order valence-corrected chi connectivity index (χ2v) is 2.60. The van der Waals surface area contributed by atoms with Crippen molar-refractivity contribution >= 4 is 24.8 Å². The van der Waals surface area contributed by atoms with E-state index in [0.717, 1.165) is 13.0 Å². The van der Waals surface area contributed by atoms with Crippen LogP contribution in [0.4, 0.5) is 0 Å². The second kappa shape index (κ2) is 10.5. The molecule has 0 rings (SSSR count). The Balaban J connectivity index is -0.000000320. The molecule has 1 atom stereocenters. The van der Waals surface area contributed by atoms with Gasteiger partial charge in [-0.25, -0.2) is 0 Å². The first kappa shape index (κ1) is 17.5. The number of hydrogen-bond acceptors (Lipinski definition) is 2. The Morgan fingerprint density at radius 1 is 1.27 bits per heavy atom. The maximum Gasteiger partial charge on any atom is 0.00985 e. The molecule has 0 spiro atoms. The summed E-state index contributed by atoms with van der Waals surface area (Å²) < 4.78 is 0. The molecule has 0 aromatic carbocycles. The molecule has 0 aromatic rings. The van der Waals surface area contributed by atoms with Crippen LogP contribution in [0.2, 0.25) is 0 Å². The summed E-state index contributed by atoms with van der Waals surface area (Å²) in [5, 5.41) is 0. The first-order chi connectivity index (χ1) is 4.22. The molecule has 0 saturated carbocycles. The van der Waals surface area contributed by atoms with Crippen molar-refractivity contribution in [1.82, 2.24) is 4.90 Å². The summed E-state index contributed by atoms with van der Waals surface area (Å²) in [5.41, 5.74) is 5.42. The van der Waals surface area contributed by atoms with Crippen molar-refractivity contribution in [3.05, 3.63) is 0 Å². The van der Waals surface area contributed by atoms with Gasteiger partial charge >= 0.3 is 0 Å². The van der Waals surface area contributed by atoms with E-state index in [-0.39, 0.29) is 24.8 Å². The summed E-state index contributed by atoms with van der Waals surface area (Å²) >= 11 is 0. The maximum absolute atomic E-state index is 5.42. The molecular weight excluding hydrogens is 183 g/mol. The topological polar surface area (TPSA) is 29.3 Å². The van der Waals surface area contributed by atoms with Crippen molar-refractivity contribution in [2.75, 3.05) is 20.6 Å². The Kier molecular flexibility index (Phi) is 16.8. The van der Waals surface area contributed by atoms with Crippen LogP contribution in [0.15, 0.2) is 0 Å². The molecule has 0 saturated heterocycles. The van der Waals surface area contributed by atoms with E-state index in [4.69, 9.17) is 5.73 Å². The lowest BCUT2D eigenvalue weighted by Crippen LogP contribution is -2.29. The third kappa shape index (κ3) is 8.41. The van der Waals surface area contributed by atoms with Gasteiger partial charge in [0.05, 0.1) is 0 Å². The third-order valence-corrected chi connectivity index (χ3v) is 1.70. The average molecular weight is 203 g/mol. The highest BCUT2D eigenvalue weighted by Gasteiger charge is 2.05. The molecule has 4 heteroatoms. The number of rotatable bonds is 4. The molecule has 72 valence electrons. The zero-order valence-corrected chi connectivity index (χ0v) is 9.17. The van der Waals surface area contributed by atoms with Crippen LogP contribution in [0.5, 0.6) is 0 Å². The van der Waals surface area contributed by atoms with Gasteiger partial charge in [0.15, 0.2) is 0 Å². The summed E-state index contributed by atoms with van der Waals surface area (Å²) in [4.78, 5) is 2.23. The normalized spacial score (nSPS) is 11.7. The van der Waals surface area contributed by atoms with Crippen molar-refractivity contribution in [3.63, 3.8) is 0 Å². The number of nitrogens with two attached hydrogens (primary N) is 1. The first-order valence-electron chi connectivity index (χ1n) is 3.58. The van der Waals surface area contributed by atoms with Crippen LogP contribution in [-0.2, 0) is 0 Å². The monoisotopic (exact) mass is 202 g/mol. The molecule has 0 aliphatic rings. The van der Waals surface area contributed by atoms with Gasteiger partial charge in [-0.3, -0.25) is 0 Å². The second-order valence-electron chi connectivity index (χ2n) is 2.60. The number of halogens is 2. The fraction of sp³-hybridized carbons (Fsp3) is 1.00. The maximum atomic E-state index is 5.42. The SMILES string of the molecule is CCC(CCN)N(C)C.Cl.Cl. The molecule has 0 aliphatic carbocycles. The third-order valence-electron chi connectivity index (χ3n) is 1.70. The van der Waals surface area contributed by atoms with Gasteiger partial charge in [-0.15, -0.1) is 24.8 Å². The Labute approximate surface area is 82.3 Å². The van der Waals surface area contributed by atoms with Crippen LogP contribution in [0.1, 0.15) is 19.8 Å². The summed E-state index contributed by atoms with van der Waals surface area (Å²) in [7, 11) is 4.20. The molecule has 0 amide bonds. The Morgan fingerprint density at radius 3 is 1.82 bits per heavy atom. The smallest absolute Gasteiger partial charge is 0.00985 e. The molecule has 2 nitrogen and oxygen atoms in total. The lowest BCUT2D eigenvalue weighted by atomic mass is 10.1. The molecule has 1 unspecified atom stereocenters. The Morgan fingerprint density at radius 2 is 1.73 bits per heavy atom. The van der Waals surface area contributed by atoms with E-state index in [0.29, 0.717) is 6.04 Å². The predicted octanol–water partition coefficient (Wildman–Crippen LogP) is 1.52. The van der Waals surface area contributed by atoms with E-state index in [1.54, 1.807) is 0 Å². The minimum absolute atomic E-state index is 0. The van der Waals surface area contributed by atoms with Gasteiger partial charge in [-0.2, -0.15) is 0 Å². The van der Waals surface area contributed by atoms with Gasteiger partial charge in [0, 0.05) is 6.04 Å². The summed E-state index contributed by atoms with van der Waals surface area (Å²) in [6, 6.07) is 0.676. The lowest BCUT2D eigenvalue weighted by molar-refractivity contribution is 0.274. The van der Waals surface area contributed by atoms with Crippen LogP contribution in [-0.4, -0.2) is 31.6 Å². The van der Waals surface area contributed by atoms with Gasteiger partial charge < -0.3 is 10.6 Å². The van der Waals surface area contributed by atoms with Crippen molar-refractivity contribution in [2.24, 2.45) is 5.73 Å². The van der Waals surface area contributed by atoms with E-state index in [1.807, 2.05) is 0 Å². The zero-order chi connectivity index (χ0) is 7.28. The quantitative estimate of drug-likeness (QED) is 0.750. The van der Waals surface area contributed by atoms with Crippen LogP contribution in [0, 0.1) is 0 Å². The van der Waals surface area contributed by atoms with Gasteiger partial charge in [0.25, 0.3) is 0 Å². The minimum atomic E-state index is 0. The fourth-order valence-corrected chi connectivity index (χ4v) is 1.02. The van der Waals surface area contributed by atoms with E-state index < -0.39 is 0 Å². The zero-order valence-electron chi connectivity index (χ0n) is 7.54. The van der Waals surface area contributed by atoms with Crippen LogP contribution in [0.25, 0.3) is 0 Å². The van der Waals surface area contributed by atoms with Crippen LogP contribution < -0.4 is 5.73 Å². The predicted molar refractivity (Wildman–Crippen MR) is 55.9 cm³/mol. The molecule has 0 heterocycles. The Hall–Kier alpha value is 0.500. The first-order valence-corrected chi connectivity index (χ1v) is 3.58.